The fourth-order valence-corrected chi connectivity index (χ4v) is 3.57. The number of nitrogens with zero attached hydrogens (tertiary/aromatic N) is 1. The molecule has 0 atom stereocenters. The molecule has 3 aromatic rings. The number of rotatable bonds is 5. The third-order valence-corrected chi connectivity index (χ3v) is 5.59. The quantitative estimate of drug-likeness (QED) is 0.753. The van der Waals surface area contributed by atoms with E-state index >= 15 is 0 Å². The summed E-state index contributed by atoms with van der Waals surface area (Å²) in [5, 5.41) is 2.70. The molecule has 26 heavy (non-hydrogen) atoms. The van der Waals surface area contributed by atoms with Crippen molar-refractivity contribution in [1.82, 2.24) is 10.3 Å². The highest BCUT2D eigenvalue weighted by Crippen LogP contribution is 2.19. The van der Waals surface area contributed by atoms with Crippen molar-refractivity contribution in [2.24, 2.45) is 0 Å². The zero-order valence-corrected chi connectivity index (χ0v) is 15.0. The van der Waals surface area contributed by atoms with Gasteiger partial charge in [0.2, 0.25) is 9.84 Å². The van der Waals surface area contributed by atoms with Gasteiger partial charge in [0.05, 0.1) is 10.5 Å². The molecule has 0 spiro atoms. The molecule has 0 unspecified atom stereocenters. The molecule has 0 saturated carbocycles. The molecule has 132 valence electrons. The minimum Gasteiger partial charge on any atom is -0.348 e. The Labute approximate surface area is 152 Å². The maximum Gasteiger partial charge on any atom is 0.253 e. The van der Waals surface area contributed by atoms with Gasteiger partial charge in [0.15, 0.2) is 5.03 Å². The number of carbonyl (C=O) groups excluding carboxylic acids is 1. The van der Waals surface area contributed by atoms with Crippen LogP contribution in [0.15, 0.2) is 82.8 Å². The van der Waals surface area contributed by atoms with Gasteiger partial charge in [0.25, 0.3) is 5.91 Å². The lowest BCUT2D eigenvalue weighted by Crippen LogP contribution is -2.23. The van der Waals surface area contributed by atoms with Crippen LogP contribution in [0.2, 0.25) is 0 Å². The zero-order valence-electron chi connectivity index (χ0n) is 14.2. The second kappa shape index (κ2) is 7.49. The van der Waals surface area contributed by atoms with E-state index in [2.05, 4.69) is 10.3 Å². The van der Waals surface area contributed by atoms with Crippen LogP contribution in [0, 0.1) is 6.92 Å². The maximum atomic E-state index is 12.6. The third kappa shape index (κ3) is 3.97. The van der Waals surface area contributed by atoms with Crippen molar-refractivity contribution < 1.29 is 13.2 Å². The smallest absolute Gasteiger partial charge is 0.253 e. The topological polar surface area (TPSA) is 76.1 Å². The molecule has 1 N–H and O–H groups in total. The Hall–Kier alpha value is -2.99. The molecule has 1 aromatic heterocycles. The van der Waals surface area contributed by atoms with Crippen LogP contribution in [-0.4, -0.2) is 19.3 Å². The first-order valence-electron chi connectivity index (χ1n) is 8.07. The van der Waals surface area contributed by atoms with E-state index in [9.17, 15) is 13.2 Å². The molecule has 0 radical (unpaired) electrons. The number of hydrogen-bond acceptors (Lipinski definition) is 4. The molecule has 1 amide bonds. The van der Waals surface area contributed by atoms with E-state index < -0.39 is 9.84 Å². The van der Waals surface area contributed by atoms with Gasteiger partial charge < -0.3 is 5.32 Å². The molecule has 0 aliphatic carbocycles. The third-order valence-electron chi connectivity index (χ3n) is 3.90. The molecule has 0 aliphatic rings. The van der Waals surface area contributed by atoms with Crippen molar-refractivity contribution in [3.8, 4) is 0 Å². The molecule has 0 fully saturated rings. The lowest BCUT2D eigenvalue weighted by Gasteiger charge is -2.07. The van der Waals surface area contributed by atoms with E-state index in [0.29, 0.717) is 12.1 Å². The average molecular weight is 366 g/mol. The van der Waals surface area contributed by atoms with Gasteiger partial charge in [-0.25, -0.2) is 13.4 Å². The summed E-state index contributed by atoms with van der Waals surface area (Å²) < 4.78 is 25.1. The van der Waals surface area contributed by atoms with Gasteiger partial charge >= 0.3 is 0 Å². The summed E-state index contributed by atoms with van der Waals surface area (Å²) >= 11 is 0. The number of pyridine rings is 1. The largest absolute Gasteiger partial charge is 0.348 e. The number of benzene rings is 2. The summed E-state index contributed by atoms with van der Waals surface area (Å²) in [5.74, 6) is -0.305. The predicted octanol–water partition coefficient (Wildman–Crippen LogP) is 3.15. The molecule has 0 saturated heterocycles. The minimum atomic E-state index is -3.70. The fraction of sp³-hybridized carbons (Fsp3) is 0.100. The molecule has 2 aromatic carbocycles. The van der Waals surface area contributed by atoms with E-state index in [1.54, 1.807) is 24.3 Å². The molecule has 1 heterocycles. The number of aryl methyl sites for hydroxylation is 1. The highest BCUT2D eigenvalue weighted by atomic mass is 32.2. The summed E-state index contributed by atoms with van der Waals surface area (Å²) in [4.78, 5) is 16.3. The van der Waals surface area contributed by atoms with Crippen LogP contribution in [0.3, 0.4) is 0 Å². The molecule has 0 aliphatic heterocycles. The Kier molecular flexibility index (Phi) is 5.14. The lowest BCUT2D eigenvalue weighted by atomic mass is 10.2. The molecule has 6 heteroatoms. The van der Waals surface area contributed by atoms with Gasteiger partial charge in [-0.05, 0) is 36.8 Å². The molecule has 3 rings (SSSR count). The van der Waals surface area contributed by atoms with Crippen LogP contribution in [0.5, 0.6) is 0 Å². The minimum absolute atomic E-state index is 0.0824. The van der Waals surface area contributed by atoms with E-state index in [0.717, 1.165) is 11.1 Å². The van der Waals surface area contributed by atoms with Crippen molar-refractivity contribution in [3.05, 3.63) is 89.6 Å². The molecule has 5 nitrogen and oxygen atoms in total. The summed E-state index contributed by atoms with van der Waals surface area (Å²) in [6.07, 6.45) is 1.28. The Balaban J connectivity index is 1.73. The van der Waals surface area contributed by atoms with Crippen LogP contribution in [0.4, 0.5) is 0 Å². The first kappa shape index (κ1) is 17.8. The number of amides is 1. The first-order chi connectivity index (χ1) is 12.5. The van der Waals surface area contributed by atoms with Crippen LogP contribution in [0.25, 0.3) is 0 Å². The summed E-state index contributed by atoms with van der Waals surface area (Å²) in [6, 6.07) is 18.9. The Morgan fingerprint density at radius 3 is 2.27 bits per heavy atom. The number of sulfone groups is 1. The average Bonchev–Trinajstić information content (AvgIpc) is 2.67. The van der Waals surface area contributed by atoms with Crippen molar-refractivity contribution in [2.45, 2.75) is 23.4 Å². The van der Waals surface area contributed by atoms with Gasteiger partial charge in [-0.15, -0.1) is 0 Å². The van der Waals surface area contributed by atoms with Crippen LogP contribution in [0.1, 0.15) is 21.5 Å². The number of carbonyl (C=O) groups is 1. The van der Waals surface area contributed by atoms with Gasteiger partial charge in [0.1, 0.15) is 0 Å². The van der Waals surface area contributed by atoms with Crippen molar-refractivity contribution in [2.75, 3.05) is 0 Å². The van der Waals surface area contributed by atoms with Crippen LogP contribution >= 0.6 is 0 Å². The van der Waals surface area contributed by atoms with Crippen molar-refractivity contribution in [1.29, 1.82) is 0 Å². The Morgan fingerprint density at radius 2 is 1.65 bits per heavy atom. The van der Waals surface area contributed by atoms with Gasteiger partial charge in [0, 0.05) is 12.7 Å². The summed E-state index contributed by atoms with van der Waals surface area (Å²) in [5.41, 5.74) is 2.26. The summed E-state index contributed by atoms with van der Waals surface area (Å²) in [7, 11) is -3.70. The van der Waals surface area contributed by atoms with Crippen molar-refractivity contribution >= 4 is 15.7 Å². The SMILES string of the molecule is Cc1ccc(S(=O)(=O)c2ccc(C(=O)NCc3ccccc3)cn2)cc1. The monoisotopic (exact) mass is 366 g/mol. The van der Waals surface area contributed by atoms with E-state index in [1.165, 1.54) is 18.3 Å². The Morgan fingerprint density at radius 1 is 0.962 bits per heavy atom. The van der Waals surface area contributed by atoms with Crippen LogP contribution in [-0.2, 0) is 16.4 Å². The second-order valence-corrected chi connectivity index (χ2v) is 7.77. The molecular formula is C20H18N2O3S. The highest BCUT2D eigenvalue weighted by molar-refractivity contribution is 7.91. The maximum absolute atomic E-state index is 12.6. The first-order valence-corrected chi connectivity index (χ1v) is 9.55. The Bertz CT molecular complexity index is 997. The standard InChI is InChI=1S/C20H18N2O3S/c1-15-7-10-18(11-8-15)26(24,25)19-12-9-17(14-21-19)20(23)22-13-16-5-3-2-4-6-16/h2-12,14H,13H2,1H3,(H,22,23). The lowest BCUT2D eigenvalue weighted by molar-refractivity contribution is 0.0950. The van der Waals surface area contributed by atoms with Gasteiger partial charge in [-0.3, -0.25) is 4.79 Å². The van der Waals surface area contributed by atoms with E-state index in [4.69, 9.17) is 0 Å². The molecule has 0 bridgehead atoms. The summed E-state index contributed by atoms with van der Waals surface area (Å²) in [6.45, 7) is 2.28. The van der Waals surface area contributed by atoms with Gasteiger partial charge in [-0.2, -0.15) is 0 Å². The number of hydrogen-bond donors (Lipinski definition) is 1. The van der Waals surface area contributed by atoms with Gasteiger partial charge in [-0.1, -0.05) is 48.0 Å². The number of nitrogens with one attached hydrogen (secondary N) is 1. The number of aromatic nitrogens is 1. The van der Waals surface area contributed by atoms with Crippen molar-refractivity contribution in [3.63, 3.8) is 0 Å². The van der Waals surface area contributed by atoms with Crippen LogP contribution < -0.4 is 5.32 Å². The highest BCUT2D eigenvalue weighted by Gasteiger charge is 2.19. The zero-order chi connectivity index (χ0) is 18.6. The molecular weight excluding hydrogens is 348 g/mol. The fourth-order valence-electron chi connectivity index (χ4n) is 2.39. The second-order valence-electron chi connectivity index (χ2n) is 5.87. The van der Waals surface area contributed by atoms with E-state index in [1.807, 2.05) is 37.3 Å². The predicted molar refractivity (Wildman–Crippen MR) is 98.5 cm³/mol. The van der Waals surface area contributed by atoms with E-state index in [-0.39, 0.29) is 15.8 Å². The normalized spacial score (nSPS) is 11.1.